The highest BCUT2D eigenvalue weighted by Gasteiger charge is 2.21. The lowest BCUT2D eigenvalue weighted by Crippen LogP contribution is -3.11. The first-order valence-electron chi connectivity index (χ1n) is 9.00. The molecule has 0 spiro atoms. The van der Waals surface area contributed by atoms with Crippen molar-refractivity contribution in [3.63, 3.8) is 0 Å². The number of hydrogen-bond acceptors (Lipinski definition) is 3. The molecule has 26 heavy (non-hydrogen) atoms. The van der Waals surface area contributed by atoms with Crippen molar-refractivity contribution in [3.8, 4) is 16.9 Å². The number of hydrogen-bond donors (Lipinski definition) is 2. The average molecular weight is 371 g/mol. The van der Waals surface area contributed by atoms with Gasteiger partial charge in [0.05, 0.1) is 29.6 Å². The molecular formula is C21H21ClNO3+. The van der Waals surface area contributed by atoms with Crippen LogP contribution in [0.15, 0.2) is 51.9 Å². The van der Waals surface area contributed by atoms with Gasteiger partial charge in [0.15, 0.2) is 0 Å². The molecule has 0 atom stereocenters. The Kier molecular flexibility index (Phi) is 4.70. The molecule has 3 aromatic rings. The Morgan fingerprint density at radius 3 is 2.58 bits per heavy atom. The van der Waals surface area contributed by atoms with Gasteiger partial charge in [0.2, 0.25) is 5.43 Å². The van der Waals surface area contributed by atoms with Crippen molar-refractivity contribution in [3.05, 3.63) is 63.5 Å². The maximum absolute atomic E-state index is 13.0. The van der Waals surface area contributed by atoms with Crippen molar-refractivity contribution in [2.75, 3.05) is 13.1 Å². The van der Waals surface area contributed by atoms with Crippen LogP contribution in [0.5, 0.6) is 5.75 Å². The first-order chi connectivity index (χ1) is 12.6. The number of aromatic hydroxyl groups is 1. The lowest BCUT2D eigenvalue weighted by Gasteiger charge is -2.24. The maximum Gasteiger partial charge on any atom is 0.200 e. The van der Waals surface area contributed by atoms with Crippen LogP contribution in [0, 0.1) is 0 Å². The lowest BCUT2D eigenvalue weighted by molar-refractivity contribution is -0.918. The van der Waals surface area contributed by atoms with Gasteiger partial charge in [-0.15, -0.1) is 0 Å². The number of likely N-dealkylation sites (tertiary alicyclic amines) is 1. The van der Waals surface area contributed by atoms with Gasteiger partial charge in [0, 0.05) is 10.6 Å². The van der Waals surface area contributed by atoms with Crippen molar-refractivity contribution < 1.29 is 14.4 Å². The van der Waals surface area contributed by atoms with Gasteiger partial charge >= 0.3 is 0 Å². The molecule has 1 aliphatic rings. The summed E-state index contributed by atoms with van der Waals surface area (Å²) in [5.41, 5.74) is 2.14. The molecule has 1 saturated heterocycles. The second-order valence-corrected chi connectivity index (χ2v) is 7.29. The highest BCUT2D eigenvalue weighted by atomic mass is 35.5. The summed E-state index contributed by atoms with van der Waals surface area (Å²) < 4.78 is 5.85. The number of benzene rings is 2. The molecule has 134 valence electrons. The molecule has 5 heteroatoms. The van der Waals surface area contributed by atoms with E-state index in [1.807, 2.05) is 12.1 Å². The summed E-state index contributed by atoms with van der Waals surface area (Å²) in [6.07, 6.45) is 5.12. The van der Waals surface area contributed by atoms with Gasteiger partial charge in [-0.1, -0.05) is 29.8 Å². The Bertz CT molecular complexity index is 1010. The number of halogens is 1. The quantitative estimate of drug-likeness (QED) is 0.743. The van der Waals surface area contributed by atoms with E-state index in [0.717, 1.165) is 13.1 Å². The Labute approximate surface area is 156 Å². The highest BCUT2D eigenvalue weighted by molar-refractivity contribution is 6.33. The predicted octanol–water partition coefficient (Wildman–Crippen LogP) is 3.39. The van der Waals surface area contributed by atoms with Crippen molar-refractivity contribution in [2.24, 2.45) is 0 Å². The van der Waals surface area contributed by atoms with E-state index in [2.05, 4.69) is 0 Å². The van der Waals surface area contributed by atoms with E-state index >= 15 is 0 Å². The van der Waals surface area contributed by atoms with Crippen molar-refractivity contribution in [2.45, 2.75) is 25.8 Å². The second kappa shape index (κ2) is 7.14. The molecule has 0 amide bonds. The summed E-state index contributed by atoms with van der Waals surface area (Å²) in [4.78, 5) is 14.4. The second-order valence-electron chi connectivity index (χ2n) is 6.89. The van der Waals surface area contributed by atoms with E-state index in [0.29, 0.717) is 39.2 Å². The van der Waals surface area contributed by atoms with Crippen molar-refractivity contribution in [1.82, 2.24) is 0 Å². The van der Waals surface area contributed by atoms with Gasteiger partial charge in [0.1, 0.15) is 24.1 Å². The van der Waals surface area contributed by atoms with Crippen LogP contribution in [-0.4, -0.2) is 18.2 Å². The van der Waals surface area contributed by atoms with E-state index < -0.39 is 0 Å². The molecule has 2 heterocycles. The van der Waals surface area contributed by atoms with Gasteiger partial charge in [0.25, 0.3) is 0 Å². The summed E-state index contributed by atoms with van der Waals surface area (Å²) in [7, 11) is 0. The fourth-order valence-electron chi connectivity index (χ4n) is 3.76. The fraction of sp³-hybridized carbons (Fsp3) is 0.286. The third-order valence-corrected chi connectivity index (χ3v) is 5.50. The van der Waals surface area contributed by atoms with E-state index in [1.54, 1.807) is 24.3 Å². The molecule has 0 saturated carbocycles. The van der Waals surface area contributed by atoms with Crippen molar-refractivity contribution >= 4 is 22.6 Å². The van der Waals surface area contributed by atoms with Crippen LogP contribution in [0.25, 0.3) is 22.1 Å². The fourth-order valence-corrected chi connectivity index (χ4v) is 4.00. The maximum atomic E-state index is 13.0. The minimum Gasteiger partial charge on any atom is -0.507 e. The summed E-state index contributed by atoms with van der Waals surface area (Å²) in [5, 5.41) is 11.4. The number of nitrogens with one attached hydrogen (secondary N) is 1. The Morgan fingerprint density at radius 2 is 1.81 bits per heavy atom. The van der Waals surface area contributed by atoms with Crippen molar-refractivity contribution in [1.29, 1.82) is 0 Å². The van der Waals surface area contributed by atoms with E-state index in [-0.39, 0.29) is 11.2 Å². The smallest absolute Gasteiger partial charge is 0.200 e. The first kappa shape index (κ1) is 17.1. The van der Waals surface area contributed by atoms with Gasteiger partial charge in [-0.05, 0) is 37.5 Å². The normalized spacial score (nSPS) is 15.4. The number of fused-ring (bicyclic) bond motifs is 1. The largest absolute Gasteiger partial charge is 0.507 e. The number of piperidine rings is 1. The molecule has 0 unspecified atom stereocenters. The van der Waals surface area contributed by atoms with E-state index in [9.17, 15) is 9.90 Å². The number of rotatable bonds is 3. The summed E-state index contributed by atoms with van der Waals surface area (Å²) in [6, 6.07) is 10.4. The molecule has 0 aliphatic carbocycles. The molecule has 1 aromatic heterocycles. The molecule has 0 bridgehead atoms. The molecule has 4 rings (SSSR count). The Hall–Kier alpha value is -2.30. The minimum absolute atomic E-state index is 0.130. The zero-order valence-corrected chi connectivity index (χ0v) is 15.2. The molecular weight excluding hydrogens is 350 g/mol. The van der Waals surface area contributed by atoms with Crippen LogP contribution >= 0.6 is 11.6 Å². The number of quaternary nitrogens is 1. The third-order valence-electron chi connectivity index (χ3n) is 5.17. The Morgan fingerprint density at radius 1 is 1.04 bits per heavy atom. The number of phenols is 1. The Balaban J connectivity index is 1.82. The van der Waals surface area contributed by atoms with Gasteiger partial charge in [-0.2, -0.15) is 0 Å². The summed E-state index contributed by atoms with van der Waals surface area (Å²) >= 11 is 6.24. The predicted molar refractivity (Wildman–Crippen MR) is 103 cm³/mol. The SMILES string of the molecule is O=c1c(-c2ccccc2Cl)coc2c(C[NH+]3CCCCC3)c(O)ccc12. The van der Waals surface area contributed by atoms with Gasteiger partial charge in [-0.25, -0.2) is 0 Å². The van der Waals surface area contributed by atoms with Crippen LogP contribution in [0.3, 0.4) is 0 Å². The van der Waals surface area contributed by atoms with E-state index in [1.165, 1.54) is 30.4 Å². The average Bonchev–Trinajstić information content (AvgIpc) is 2.66. The molecule has 2 aromatic carbocycles. The standard InChI is InChI=1S/C21H20ClNO3/c22-18-7-3-2-6-14(18)17-13-26-21-15(20(17)25)8-9-19(24)16(21)12-23-10-4-1-5-11-23/h2-3,6-9,13,24H,1,4-5,10-12H2/p+1. The first-order valence-corrected chi connectivity index (χ1v) is 9.38. The molecule has 1 fully saturated rings. The third kappa shape index (κ3) is 3.11. The summed E-state index contributed by atoms with van der Waals surface area (Å²) in [6.45, 7) is 2.83. The highest BCUT2D eigenvalue weighted by Crippen LogP contribution is 2.30. The zero-order chi connectivity index (χ0) is 18.1. The van der Waals surface area contributed by atoms with Gasteiger partial charge in [-0.3, -0.25) is 4.79 Å². The molecule has 2 N–H and O–H groups in total. The monoisotopic (exact) mass is 370 g/mol. The van der Waals surface area contributed by atoms with Gasteiger partial charge < -0.3 is 14.4 Å². The zero-order valence-electron chi connectivity index (χ0n) is 14.4. The van der Waals surface area contributed by atoms with Crippen LogP contribution in [-0.2, 0) is 6.54 Å². The molecule has 4 nitrogen and oxygen atoms in total. The topological polar surface area (TPSA) is 54.9 Å². The molecule has 1 aliphatic heterocycles. The van der Waals surface area contributed by atoms with Crippen LogP contribution in [0.2, 0.25) is 5.02 Å². The lowest BCUT2D eigenvalue weighted by atomic mass is 10.0. The number of phenolic OH excluding ortho intramolecular Hbond substituents is 1. The van der Waals surface area contributed by atoms with Crippen LogP contribution < -0.4 is 10.3 Å². The minimum atomic E-state index is -0.130. The summed E-state index contributed by atoms with van der Waals surface area (Å²) in [5.74, 6) is 0.184. The van der Waals surface area contributed by atoms with Crippen LogP contribution in [0.4, 0.5) is 0 Å². The molecule has 0 radical (unpaired) electrons. The van der Waals surface area contributed by atoms with E-state index in [4.69, 9.17) is 16.0 Å². The van der Waals surface area contributed by atoms with Crippen LogP contribution in [0.1, 0.15) is 24.8 Å².